The van der Waals surface area contributed by atoms with Crippen LogP contribution in [0.3, 0.4) is 0 Å². The smallest absolute Gasteiger partial charge is 0.261 e. The Morgan fingerprint density at radius 3 is 2.00 bits per heavy atom. The van der Waals surface area contributed by atoms with Crippen molar-refractivity contribution in [2.45, 2.75) is 90.1 Å². The van der Waals surface area contributed by atoms with Gasteiger partial charge < -0.3 is 9.64 Å². The normalized spacial score (nSPS) is 19.6. The summed E-state index contributed by atoms with van der Waals surface area (Å²) in [5, 5.41) is 0. The summed E-state index contributed by atoms with van der Waals surface area (Å²) in [6.07, 6.45) is 12.4. The third-order valence-corrected chi connectivity index (χ3v) is 6.06. The van der Waals surface area contributed by atoms with Crippen molar-refractivity contribution in [2.75, 3.05) is 6.61 Å². The number of carbonyl (C=O) groups excluding carboxylic acids is 1. The second kappa shape index (κ2) is 8.73. The van der Waals surface area contributed by atoms with Gasteiger partial charge in [0.2, 0.25) is 0 Å². The van der Waals surface area contributed by atoms with Crippen molar-refractivity contribution in [1.29, 1.82) is 0 Å². The molecule has 2 aliphatic rings. The average Bonchev–Trinajstić information content (AvgIpc) is 2.65. The highest BCUT2D eigenvalue weighted by molar-refractivity contribution is 5.78. The summed E-state index contributed by atoms with van der Waals surface area (Å²) >= 11 is 0. The first-order valence-corrected chi connectivity index (χ1v) is 10.2. The lowest BCUT2D eigenvalue weighted by atomic mass is 9.88. The van der Waals surface area contributed by atoms with Crippen molar-refractivity contribution in [3.63, 3.8) is 0 Å². The Labute approximate surface area is 152 Å². The molecule has 138 valence electrons. The van der Waals surface area contributed by atoms with E-state index in [1.165, 1.54) is 75.3 Å². The summed E-state index contributed by atoms with van der Waals surface area (Å²) in [5.41, 5.74) is 2.46. The van der Waals surface area contributed by atoms with Gasteiger partial charge in [-0.2, -0.15) is 0 Å². The number of amides is 1. The van der Waals surface area contributed by atoms with Gasteiger partial charge in [-0.25, -0.2) is 0 Å². The molecule has 2 aliphatic carbocycles. The number of rotatable bonds is 5. The Balaban J connectivity index is 1.65. The fourth-order valence-corrected chi connectivity index (χ4v) is 4.45. The van der Waals surface area contributed by atoms with Crippen molar-refractivity contribution < 1.29 is 9.53 Å². The molecule has 0 unspecified atom stereocenters. The Morgan fingerprint density at radius 2 is 1.48 bits per heavy atom. The lowest BCUT2D eigenvalue weighted by Gasteiger charge is -2.41. The molecule has 0 spiro atoms. The largest absolute Gasteiger partial charge is 0.484 e. The maximum Gasteiger partial charge on any atom is 0.261 e. The van der Waals surface area contributed by atoms with Gasteiger partial charge in [0.15, 0.2) is 6.61 Å². The van der Waals surface area contributed by atoms with E-state index < -0.39 is 0 Å². The molecule has 2 saturated carbocycles. The molecule has 0 atom stereocenters. The minimum Gasteiger partial charge on any atom is -0.484 e. The van der Waals surface area contributed by atoms with Crippen molar-refractivity contribution in [2.24, 2.45) is 0 Å². The quantitative estimate of drug-likeness (QED) is 0.737. The van der Waals surface area contributed by atoms with E-state index >= 15 is 0 Å². The number of ether oxygens (including phenoxy) is 1. The zero-order valence-electron chi connectivity index (χ0n) is 15.9. The Bertz CT molecular complexity index is 553. The fraction of sp³-hybridized carbons (Fsp3) is 0.682. The molecule has 0 N–H and O–H groups in total. The van der Waals surface area contributed by atoms with E-state index in [9.17, 15) is 4.79 Å². The highest BCUT2D eigenvalue weighted by Crippen LogP contribution is 2.30. The van der Waals surface area contributed by atoms with Gasteiger partial charge in [-0.15, -0.1) is 0 Å². The first kappa shape index (κ1) is 18.3. The van der Waals surface area contributed by atoms with E-state index in [4.69, 9.17) is 4.74 Å². The highest BCUT2D eigenvalue weighted by atomic mass is 16.5. The molecule has 3 heteroatoms. The molecular formula is C22H33NO2. The van der Waals surface area contributed by atoms with E-state index in [1.807, 2.05) is 12.1 Å². The third kappa shape index (κ3) is 4.77. The van der Waals surface area contributed by atoms with Crippen molar-refractivity contribution in [3.8, 4) is 5.75 Å². The standard InChI is InChI=1S/C22H33NO2/c1-17-13-14-21(15-18(17)2)25-16-22(24)23(19-9-5-3-6-10-19)20-11-7-4-8-12-20/h13-15,19-20H,3-12,16H2,1-2H3. The highest BCUT2D eigenvalue weighted by Gasteiger charge is 2.32. The van der Waals surface area contributed by atoms with Crippen LogP contribution in [-0.4, -0.2) is 29.5 Å². The van der Waals surface area contributed by atoms with Crippen molar-refractivity contribution in [3.05, 3.63) is 29.3 Å². The monoisotopic (exact) mass is 343 g/mol. The predicted molar refractivity (Wildman–Crippen MR) is 102 cm³/mol. The van der Waals surface area contributed by atoms with Gasteiger partial charge in [0.1, 0.15) is 5.75 Å². The molecule has 0 aliphatic heterocycles. The van der Waals surface area contributed by atoms with Crippen LogP contribution in [0.15, 0.2) is 18.2 Å². The van der Waals surface area contributed by atoms with Crippen LogP contribution < -0.4 is 4.74 Å². The zero-order chi connectivity index (χ0) is 17.6. The van der Waals surface area contributed by atoms with E-state index in [1.54, 1.807) is 0 Å². The summed E-state index contributed by atoms with van der Waals surface area (Å²) in [7, 11) is 0. The fourth-order valence-electron chi connectivity index (χ4n) is 4.45. The van der Waals surface area contributed by atoms with Crippen LogP contribution in [0.4, 0.5) is 0 Å². The van der Waals surface area contributed by atoms with Crippen LogP contribution in [0.25, 0.3) is 0 Å². The molecule has 0 radical (unpaired) electrons. The van der Waals surface area contributed by atoms with Crippen LogP contribution in [-0.2, 0) is 4.79 Å². The molecule has 1 amide bonds. The van der Waals surface area contributed by atoms with Gasteiger partial charge in [0.25, 0.3) is 5.91 Å². The molecule has 0 bridgehead atoms. The summed E-state index contributed by atoms with van der Waals surface area (Å²) in [6.45, 7) is 4.36. The van der Waals surface area contributed by atoms with Gasteiger partial charge in [0, 0.05) is 12.1 Å². The number of nitrogens with zero attached hydrogens (tertiary/aromatic N) is 1. The van der Waals surface area contributed by atoms with Gasteiger partial charge in [-0.1, -0.05) is 44.6 Å². The first-order valence-electron chi connectivity index (χ1n) is 10.2. The molecule has 1 aromatic carbocycles. The maximum atomic E-state index is 13.1. The molecule has 3 nitrogen and oxygen atoms in total. The summed E-state index contributed by atoms with van der Waals surface area (Å²) in [6, 6.07) is 6.95. The van der Waals surface area contributed by atoms with E-state index in [0.717, 1.165) is 5.75 Å². The molecular weight excluding hydrogens is 310 g/mol. The maximum absolute atomic E-state index is 13.1. The average molecular weight is 344 g/mol. The molecule has 1 aromatic rings. The molecule has 25 heavy (non-hydrogen) atoms. The molecule has 0 saturated heterocycles. The Hall–Kier alpha value is -1.51. The van der Waals surface area contributed by atoms with Crippen LogP contribution in [0.1, 0.15) is 75.3 Å². The van der Waals surface area contributed by atoms with Gasteiger partial charge in [0.05, 0.1) is 0 Å². The third-order valence-electron chi connectivity index (χ3n) is 6.06. The van der Waals surface area contributed by atoms with E-state index in [2.05, 4.69) is 24.8 Å². The van der Waals surface area contributed by atoms with Crippen LogP contribution in [0.5, 0.6) is 5.75 Å². The van der Waals surface area contributed by atoms with Crippen molar-refractivity contribution >= 4 is 5.91 Å². The summed E-state index contributed by atoms with van der Waals surface area (Å²) < 4.78 is 5.88. The molecule has 3 rings (SSSR count). The van der Waals surface area contributed by atoms with E-state index in [0.29, 0.717) is 12.1 Å². The van der Waals surface area contributed by atoms with Gasteiger partial charge in [-0.05, 0) is 62.8 Å². The topological polar surface area (TPSA) is 29.5 Å². The van der Waals surface area contributed by atoms with Crippen LogP contribution in [0.2, 0.25) is 0 Å². The van der Waals surface area contributed by atoms with Crippen molar-refractivity contribution in [1.82, 2.24) is 4.90 Å². The molecule has 0 heterocycles. The van der Waals surface area contributed by atoms with Gasteiger partial charge in [-0.3, -0.25) is 4.79 Å². The van der Waals surface area contributed by atoms with E-state index in [-0.39, 0.29) is 12.5 Å². The zero-order valence-corrected chi connectivity index (χ0v) is 15.9. The summed E-state index contributed by atoms with van der Waals surface area (Å²) in [4.78, 5) is 15.3. The molecule has 0 aromatic heterocycles. The minimum absolute atomic E-state index is 0.176. The predicted octanol–water partition coefficient (Wildman–Crippen LogP) is 5.18. The second-order valence-electron chi connectivity index (χ2n) is 7.92. The minimum atomic E-state index is 0.176. The molecule has 2 fully saturated rings. The summed E-state index contributed by atoms with van der Waals surface area (Å²) in [5.74, 6) is 1.00. The number of hydrogen-bond acceptors (Lipinski definition) is 2. The van der Waals surface area contributed by atoms with Crippen LogP contribution >= 0.6 is 0 Å². The Morgan fingerprint density at radius 1 is 0.920 bits per heavy atom. The number of aryl methyl sites for hydroxylation is 2. The first-order chi connectivity index (χ1) is 12.1. The number of benzene rings is 1. The Kier molecular flexibility index (Phi) is 6.39. The second-order valence-corrected chi connectivity index (χ2v) is 7.92. The SMILES string of the molecule is Cc1ccc(OCC(=O)N(C2CCCCC2)C2CCCCC2)cc1C. The van der Waals surface area contributed by atoms with Crippen LogP contribution in [0, 0.1) is 13.8 Å². The number of carbonyl (C=O) groups is 1. The van der Waals surface area contributed by atoms with Gasteiger partial charge >= 0.3 is 0 Å². The lowest BCUT2D eigenvalue weighted by molar-refractivity contribution is -0.140. The number of hydrogen-bond donors (Lipinski definition) is 0. The lowest BCUT2D eigenvalue weighted by Crippen LogP contribution is -2.50.